The van der Waals surface area contributed by atoms with E-state index in [1.807, 2.05) is 19.1 Å². The number of hydrogen-bond donors (Lipinski definition) is 2. The number of ether oxygens (including phenoxy) is 1. The summed E-state index contributed by atoms with van der Waals surface area (Å²) in [5, 5.41) is 9.67. The summed E-state index contributed by atoms with van der Waals surface area (Å²) in [7, 11) is 0. The predicted octanol–water partition coefficient (Wildman–Crippen LogP) is 2.49. The van der Waals surface area contributed by atoms with Crippen LogP contribution in [0.15, 0.2) is 18.2 Å². The van der Waals surface area contributed by atoms with Crippen LogP contribution in [-0.4, -0.2) is 18.3 Å². The van der Waals surface area contributed by atoms with Gasteiger partial charge in [-0.15, -0.1) is 0 Å². The summed E-state index contributed by atoms with van der Waals surface area (Å²) in [6.07, 6.45) is 0. The van der Waals surface area contributed by atoms with E-state index in [9.17, 15) is 5.11 Å². The second-order valence-electron chi connectivity index (χ2n) is 5.30. The first-order valence-corrected chi connectivity index (χ1v) is 6.18. The van der Waals surface area contributed by atoms with E-state index in [0.29, 0.717) is 30.7 Å². The molecule has 0 amide bonds. The van der Waals surface area contributed by atoms with Crippen molar-refractivity contribution in [2.45, 2.75) is 26.7 Å². The number of hydrogen-bond acceptors (Lipinski definition) is 3. The summed E-state index contributed by atoms with van der Waals surface area (Å²) in [6.45, 7) is 7.66. The molecule has 1 saturated carbocycles. The maximum Gasteiger partial charge on any atom is 0.161 e. The van der Waals surface area contributed by atoms with Gasteiger partial charge in [0.1, 0.15) is 0 Å². The molecule has 0 heterocycles. The van der Waals surface area contributed by atoms with Gasteiger partial charge in [-0.1, -0.05) is 19.9 Å². The third kappa shape index (κ3) is 2.00. The van der Waals surface area contributed by atoms with Gasteiger partial charge in [0.05, 0.1) is 6.61 Å². The van der Waals surface area contributed by atoms with Gasteiger partial charge >= 0.3 is 0 Å². The zero-order chi connectivity index (χ0) is 12.6. The molecule has 0 radical (unpaired) electrons. The summed E-state index contributed by atoms with van der Waals surface area (Å²) < 4.78 is 5.41. The van der Waals surface area contributed by atoms with Gasteiger partial charge in [0.15, 0.2) is 11.5 Å². The first-order chi connectivity index (χ1) is 8.02. The molecular weight excluding hydrogens is 214 g/mol. The van der Waals surface area contributed by atoms with Crippen LogP contribution in [0.25, 0.3) is 0 Å². The first-order valence-electron chi connectivity index (χ1n) is 6.18. The standard InChI is InChI=1S/C14H21NO2/c1-4-17-12-7-9(5-6-11(12)16)13-10(8-15)14(13,2)3/h5-7,10,13,16H,4,8,15H2,1-3H3. The van der Waals surface area contributed by atoms with Crippen LogP contribution in [0.3, 0.4) is 0 Å². The van der Waals surface area contributed by atoms with Crippen LogP contribution in [0.1, 0.15) is 32.3 Å². The molecule has 3 heteroatoms. The Morgan fingerprint density at radius 1 is 1.41 bits per heavy atom. The van der Waals surface area contributed by atoms with Crippen molar-refractivity contribution in [2.75, 3.05) is 13.2 Å². The molecule has 0 saturated heterocycles. The topological polar surface area (TPSA) is 55.5 Å². The van der Waals surface area contributed by atoms with Crippen LogP contribution in [0.5, 0.6) is 11.5 Å². The Bertz CT molecular complexity index is 415. The average molecular weight is 235 g/mol. The van der Waals surface area contributed by atoms with Crippen LogP contribution in [0.2, 0.25) is 0 Å². The Morgan fingerprint density at radius 2 is 2.12 bits per heavy atom. The third-order valence-corrected chi connectivity index (χ3v) is 3.95. The van der Waals surface area contributed by atoms with E-state index in [0.717, 1.165) is 0 Å². The predicted molar refractivity (Wildman–Crippen MR) is 68.3 cm³/mol. The van der Waals surface area contributed by atoms with Gasteiger partial charge in [-0.2, -0.15) is 0 Å². The van der Waals surface area contributed by atoms with E-state index in [-0.39, 0.29) is 11.2 Å². The summed E-state index contributed by atoms with van der Waals surface area (Å²) in [6, 6.07) is 5.63. The largest absolute Gasteiger partial charge is 0.504 e. The van der Waals surface area contributed by atoms with Crippen LogP contribution in [-0.2, 0) is 0 Å². The molecule has 0 aliphatic heterocycles. The molecule has 0 bridgehead atoms. The summed E-state index contributed by atoms with van der Waals surface area (Å²) in [5.74, 6) is 1.79. The van der Waals surface area contributed by atoms with Crippen LogP contribution in [0, 0.1) is 11.3 Å². The molecule has 17 heavy (non-hydrogen) atoms. The van der Waals surface area contributed by atoms with Crippen molar-refractivity contribution in [1.29, 1.82) is 0 Å². The molecule has 2 unspecified atom stereocenters. The molecule has 2 rings (SSSR count). The fraction of sp³-hybridized carbons (Fsp3) is 0.571. The highest BCUT2D eigenvalue weighted by atomic mass is 16.5. The molecule has 1 aromatic rings. The van der Waals surface area contributed by atoms with E-state index in [2.05, 4.69) is 13.8 Å². The molecule has 1 aliphatic carbocycles. The molecule has 94 valence electrons. The minimum Gasteiger partial charge on any atom is -0.504 e. The number of benzene rings is 1. The highest BCUT2D eigenvalue weighted by Gasteiger charge is 2.57. The maximum atomic E-state index is 9.67. The molecule has 1 aromatic carbocycles. The monoisotopic (exact) mass is 235 g/mol. The van der Waals surface area contributed by atoms with E-state index in [1.165, 1.54) is 5.56 Å². The average Bonchev–Trinajstić information content (AvgIpc) is 2.84. The second-order valence-corrected chi connectivity index (χ2v) is 5.30. The number of rotatable bonds is 4. The maximum absolute atomic E-state index is 9.67. The third-order valence-electron chi connectivity index (χ3n) is 3.95. The first kappa shape index (κ1) is 12.2. The molecule has 1 fully saturated rings. The molecular formula is C14H21NO2. The molecule has 3 nitrogen and oxygen atoms in total. The van der Waals surface area contributed by atoms with Crippen molar-refractivity contribution in [1.82, 2.24) is 0 Å². The molecule has 2 atom stereocenters. The normalized spacial score (nSPS) is 25.6. The summed E-state index contributed by atoms with van der Waals surface area (Å²) >= 11 is 0. The number of phenolic OH excluding ortho intramolecular Hbond substituents is 1. The van der Waals surface area contributed by atoms with Gasteiger partial charge in [-0.05, 0) is 48.4 Å². The van der Waals surface area contributed by atoms with Crippen LogP contribution < -0.4 is 10.5 Å². The lowest BCUT2D eigenvalue weighted by molar-refractivity contribution is 0.317. The van der Waals surface area contributed by atoms with Crippen LogP contribution in [0.4, 0.5) is 0 Å². The Morgan fingerprint density at radius 3 is 2.65 bits per heavy atom. The number of phenols is 1. The quantitative estimate of drug-likeness (QED) is 0.843. The fourth-order valence-corrected chi connectivity index (χ4v) is 2.84. The van der Waals surface area contributed by atoms with E-state index in [1.54, 1.807) is 6.07 Å². The highest BCUT2D eigenvalue weighted by Crippen LogP contribution is 2.64. The Kier molecular flexibility index (Phi) is 3.04. The highest BCUT2D eigenvalue weighted by molar-refractivity contribution is 5.45. The Hall–Kier alpha value is -1.22. The van der Waals surface area contributed by atoms with Crippen molar-refractivity contribution >= 4 is 0 Å². The van der Waals surface area contributed by atoms with E-state index < -0.39 is 0 Å². The minimum atomic E-state index is 0.207. The lowest BCUT2D eigenvalue weighted by Crippen LogP contribution is -2.05. The van der Waals surface area contributed by atoms with E-state index >= 15 is 0 Å². The SMILES string of the molecule is CCOc1cc(C2C(CN)C2(C)C)ccc1O. The molecule has 0 spiro atoms. The van der Waals surface area contributed by atoms with Crippen molar-refractivity contribution < 1.29 is 9.84 Å². The van der Waals surface area contributed by atoms with E-state index in [4.69, 9.17) is 10.5 Å². The van der Waals surface area contributed by atoms with Crippen molar-refractivity contribution in [3.63, 3.8) is 0 Å². The Balaban J connectivity index is 2.26. The summed E-state index contributed by atoms with van der Waals surface area (Å²) in [5.41, 5.74) is 7.26. The molecule has 1 aliphatic rings. The van der Waals surface area contributed by atoms with Crippen molar-refractivity contribution in [2.24, 2.45) is 17.1 Å². The van der Waals surface area contributed by atoms with Gasteiger partial charge in [0.25, 0.3) is 0 Å². The zero-order valence-corrected chi connectivity index (χ0v) is 10.7. The Labute approximate surface area is 103 Å². The summed E-state index contributed by atoms with van der Waals surface area (Å²) in [4.78, 5) is 0. The lowest BCUT2D eigenvalue weighted by atomic mass is 10.0. The van der Waals surface area contributed by atoms with Gasteiger partial charge < -0.3 is 15.6 Å². The molecule has 3 N–H and O–H groups in total. The van der Waals surface area contributed by atoms with Crippen LogP contribution >= 0.6 is 0 Å². The van der Waals surface area contributed by atoms with Gasteiger partial charge in [-0.25, -0.2) is 0 Å². The second kappa shape index (κ2) is 4.22. The number of aromatic hydroxyl groups is 1. The molecule has 0 aromatic heterocycles. The smallest absolute Gasteiger partial charge is 0.161 e. The van der Waals surface area contributed by atoms with Crippen molar-refractivity contribution in [3.05, 3.63) is 23.8 Å². The van der Waals surface area contributed by atoms with Gasteiger partial charge in [-0.3, -0.25) is 0 Å². The van der Waals surface area contributed by atoms with Gasteiger partial charge in [0.2, 0.25) is 0 Å². The number of nitrogens with two attached hydrogens (primary N) is 1. The van der Waals surface area contributed by atoms with Crippen molar-refractivity contribution in [3.8, 4) is 11.5 Å². The zero-order valence-electron chi connectivity index (χ0n) is 10.7. The lowest BCUT2D eigenvalue weighted by Gasteiger charge is -2.09. The fourth-order valence-electron chi connectivity index (χ4n) is 2.84. The minimum absolute atomic E-state index is 0.207. The van der Waals surface area contributed by atoms with Gasteiger partial charge in [0, 0.05) is 0 Å².